The summed E-state index contributed by atoms with van der Waals surface area (Å²) in [5, 5.41) is 7.20. The fourth-order valence-electron chi connectivity index (χ4n) is 1.26. The minimum atomic E-state index is -0.510. The van der Waals surface area contributed by atoms with Crippen molar-refractivity contribution in [3.05, 3.63) is 52.9 Å². The van der Waals surface area contributed by atoms with Crippen molar-refractivity contribution >= 4 is 17.4 Å². The molecular formula is C12H9ClFN3O. The van der Waals surface area contributed by atoms with Gasteiger partial charge in [-0.3, -0.25) is 5.41 Å². The number of nitrogens with two attached hydrogens (primary N) is 1. The van der Waals surface area contributed by atoms with Crippen LogP contribution in [0.1, 0.15) is 5.56 Å². The van der Waals surface area contributed by atoms with E-state index in [1.807, 2.05) is 0 Å². The highest BCUT2D eigenvalue weighted by Gasteiger charge is 2.04. The van der Waals surface area contributed by atoms with Gasteiger partial charge in [-0.25, -0.2) is 9.37 Å². The fourth-order valence-corrected chi connectivity index (χ4v) is 1.43. The Morgan fingerprint density at radius 2 is 2.11 bits per heavy atom. The van der Waals surface area contributed by atoms with Crippen LogP contribution in [0.15, 0.2) is 36.5 Å². The SMILES string of the molecule is N=C(N)c1ccc(Oc2ccc(F)c(Cl)c2)nc1. The van der Waals surface area contributed by atoms with Gasteiger partial charge in [0.25, 0.3) is 0 Å². The van der Waals surface area contributed by atoms with Crippen molar-refractivity contribution in [1.82, 2.24) is 4.98 Å². The van der Waals surface area contributed by atoms with Gasteiger partial charge in [-0.1, -0.05) is 11.6 Å². The van der Waals surface area contributed by atoms with E-state index < -0.39 is 5.82 Å². The normalized spacial score (nSPS) is 10.1. The van der Waals surface area contributed by atoms with E-state index in [2.05, 4.69) is 4.98 Å². The number of nitrogen functional groups attached to an aromatic ring is 1. The molecule has 6 heteroatoms. The van der Waals surface area contributed by atoms with Crippen LogP contribution in [0.4, 0.5) is 4.39 Å². The van der Waals surface area contributed by atoms with E-state index in [0.717, 1.165) is 0 Å². The van der Waals surface area contributed by atoms with E-state index in [1.54, 1.807) is 12.1 Å². The second kappa shape index (κ2) is 5.01. The Morgan fingerprint density at radius 3 is 2.67 bits per heavy atom. The summed E-state index contributed by atoms with van der Waals surface area (Å²) in [5.41, 5.74) is 5.80. The number of aromatic nitrogens is 1. The van der Waals surface area contributed by atoms with Crippen molar-refractivity contribution < 1.29 is 9.13 Å². The van der Waals surface area contributed by atoms with E-state index in [1.165, 1.54) is 24.4 Å². The first-order valence-corrected chi connectivity index (χ1v) is 5.37. The zero-order valence-electron chi connectivity index (χ0n) is 9.15. The van der Waals surface area contributed by atoms with Crippen LogP contribution in [-0.4, -0.2) is 10.8 Å². The summed E-state index contributed by atoms with van der Waals surface area (Å²) < 4.78 is 18.3. The molecule has 1 heterocycles. The van der Waals surface area contributed by atoms with Crippen molar-refractivity contribution in [3.8, 4) is 11.6 Å². The molecule has 0 bridgehead atoms. The van der Waals surface area contributed by atoms with Gasteiger partial charge in [-0.15, -0.1) is 0 Å². The zero-order chi connectivity index (χ0) is 13.1. The molecule has 2 rings (SSSR count). The van der Waals surface area contributed by atoms with Crippen LogP contribution < -0.4 is 10.5 Å². The van der Waals surface area contributed by atoms with Crippen LogP contribution in [0.3, 0.4) is 0 Å². The lowest BCUT2D eigenvalue weighted by atomic mass is 10.3. The van der Waals surface area contributed by atoms with E-state index in [-0.39, 0.29) is 10.9 Å². The third-order valence-corrected chi connectivity index (χ3v) is 2.45. The number of nitrogens with zero attached hydrogens (tertiary/aromatic N) is 1. The van der Waals surface area contributed by atoms with Crippen LogP contribution >= 0.6 is 11.6 Å². The molecule has 4 nitrogen and oxygen atoms in total. The maximum atomic E-state index is 12.9. The van der Waals surface area contributed by atoms with E-state index >= 15 is 0 Å². The average molecular weight is 266 g/mol. The number of hydrogen-bond donors (Lipinski definition) is 2. The quantitative estimate of drug-likeness (QED) is 0.662. The molecule has 0 fully saturated rings. The van der Waals surface area contributed by atoms with Crippen molar-refractivity contribution in [2.24, 2.45) is 5.73 Å². The largest absolute Gasteiger partial charge is 0.439 e. The minimum absolute atomic E-state index is 0.0205. The fraction of sp³-hybridized carbons (Fsp3) is 0. The third-order valence-electron chi connectivity index (χ3n) is 2.16. The number of hydrogen-bond acceptors (Lipinski definition) is 3. The maximum absolute atomic E-state index is 12.9. The van der Waals surface area contributed by atoms with Crippen LogP contribution in [-0.2, 0) is 0 Å². The number of pyridine rings is 1. The molecule has 0 unspecified atom stereocenters. The van der Waals surface area contributed by atoms with Crippen molar-refractivity contribution in [2.45, 2.75) is 0 Å². The van der Waals surface area contributed by atoms with E-state index in [0.29, 0.717) is 17.2 Å². The molecule has 0 atom stereocenters. The predicted molar refractivity (Wildman–Crippen MR) is 66.7 cm³/mol. The molecule has 0 saturated heterocycles. The number of amidine groups is 1. The lowest BCUT2D eigenvalue weighted by molar-refractivity contribution is 0.461. The summed E-state index contributed by atoms with van der Waals surface area (Å²) in [5.74, 6) is 0.106. The molecule has 0 aliphatic rings. The Kier molecular flexibility index (Phi) is 3.43. The Labute approximate surface area is 108 Å². The lowest BCUT2D eigenvalue weighted by Crippen LogP contribution is -2.11. The molecule has 3 N–H and O–H groups in total. The average Bonchev–Trinajstić information content (AvgIpc) is 2.34. The highest BCUT2D eigenvalue weighted by atomic mass is 35.5. The molecule has 0 amide bonds. The Balaban J connectivity index is 2.18. The number of nitrogens with one attached hydrogen (secondary N) is 1. The van der Waals surface area contributed by atoms with E-state index in [4.69, 9.17) is 27.5 Å². The van der Waals surface area contributed by atoms with Crippen molar-refractivity contribution in [2.75, 3.05) is 0 Å². The standard InChI is InChI=1S/C12H9ClFN3O/c13-9-5-8(2-3-10(9)14)18-11-4-1-7(6-17-11)12(15)16/h1-6H,(H3,15,16). The zero-order valence-corrected chi connectivity index (χ0v) is 9.91. The Hall–Kier alpha value is -2.14. The van der Waals surface area contributed by atoms with Gasteiger partial charge >= 0.3 is 0 Å². The summed E-state index contributed by atoms with van der Waals surface area (Å²) in [6, 6.07) is 7.19. The van der Waals surface area contributed by atoms with Crippen LogP contribution in [0.2, 0.25) is 5.02 Å². The van der Waals surface area contributed by atoms with Crippen LogP contribution in [0, 0.1) is 11.2 Å². The first-order valence-electron chi connectivity index (χ1n) is 4.99. The highest BCUT2D eigenvalue weighted by Crippen LogP contribution is 2.24. The number of halogens is 2. The molecule has 0 saturated carbocycles. The number of ether oxygens (including phenoxy) is 1. The summed E-state index contributed by atoms with van der Waals surface area (Å²) >= 11 is 5.63. The third kappa shape index (κ3) is 2.75. The molecule has 1 aromatic heterocycles. The molecule has 0 radical (unpaired) electrons. The molecule has 1 aromatic carbocycles. The number of benzene rings is 1. The molecule has 18 heavy (non-hydrogen) atoms. The van der Waals surface area contributed by atoms with Gasteiger partial charge in [-0.05, 0) is 18.2 Å². The molecule has 0 aliphatic carbocycles. The topological polar surface area (TPSA) is 72.0 Å². The smallest absolute Gasteiger partial charge is 0.219 e. The second-order valence-corrected chi connectivity index (χ2v) is 3.88. The van der Waals surface area contributed by atoms with Gasteiger partial charge in [0.1, 0.15) is 17.4 Å². The highest BCUT2D eigenvalue weighted by molar-refractivity contribution is 6.30. The predicted octanol–water partition coefficient (Wildman–Crippen LogP) is 2.95. The van der Waals surface area contributed by atoms with Crippen molar-refractivity contribution in [3.63, 3.8) is 0 Å². The first-order chi connectivity index (χ1) is 8.56. The van der Waals surface area contributed by atoms with Gasteiger partial charge in [0.15, 0.2) is 0 Å². The summed E-state index contributed by atoms with van der Waals surface area (Å²) in [6.45, 7) is 0. The molecule has 0 spiro atoms. The Bertz CT molecular complexity index is 586. The van der Waals surface area contributed by atoms with Crippen molar-refractivity contribution in [1.29, 1.82) is 5.41 Å². The summed E-state index contributed by atoms with van der Waals surface area (Å²) in [6.07, 6.45) is 1.42. The van der Waals surface area contributed by atoms with Gasteiger partial charge in [0.05, 0.1) is 5.02 Å². The first kappa shape index (κ1) is 12.3. The Morgan fingerprint density at radius 1 is 1.33 bits per heavy atom. The molecule has 92 valence electrons. The second-order valence-electron chi connectivity index (χ2n) is 3.48. The van der Waals surface area contributed by atoms with Crippen LogP contribution in [0.5, 0.6) is 11.6 Å². The summed E-state index contributed by atoms with van der Waals surface area (Å²) in [7, 11) is 0. The van der Waals surface area contributed by atoms with Gasteiger partial charge in [0, 0.05) is 23.9 Å². The number of rotatable bonds is 3. The van der Waals surface area contributed by atoms with Gasteiger partial charge in [0.2, 0.25) is 5.88 Å². The minimum Gasteiger partial charge on any atom is -0.439 e. The van der Waals surface area contributed by atoms with Crippen LogP contribution in [0.25, 0.3) is 0 Å². The monoisotopic (exact) mass is 265 g/mol. The lowest BCUT2D eigenvalue weighted by Gasteiger charge is -2.05. The molecule has 0 aliphatic heterocycles. The molecular weight excluding hydrogens is 257 g/mol. The maximum Gasteiger partial charge on any atom is 0.219 e. The molecule has 2 aromatic rings. The van der Waals surface area contributed by atoms with E-state index in [9.17, 15) is 4.39 Å². The van der Waals surface area contributed by atoms with Gasteiger partial charge < -0.3 is 10.5 Å². The van der Waals surface area contributed by atoms with Gasteiger partial charge in [-0.2, -0.15) is 0 Å². The summed E-state index contributed by atoms with van der Waals surface area (Å²) in [4.78, 5) is 3.97.